The van der Waals surface area contributed by atoms with E-state index in [-0.39, 0.29) is 5.56 Å². The van der Waals surface area contributed by atoms with E-state index in [2.05, 4.69) is 10.2 Å². The van der Waals surface area contributed by atoms with Gasteiger partial charge in [0.25, 0.3) is 5.56 Å². The predicted molar refractivity (Wildman–Crippen MR) is 48.2 cm³/mol. The fourth-order valence-electron chi connectivity index (χ4n) is 1.27. The van der Waals surface area contributed by atoms with Gasteiger partial charge in [0.2, 0.25) is 0 Å². The van der Waals surface area contributed by atoms with Gasteiger partial charge in [-0.2, -0.15) is 5.10 Å². The van der Waals surface area contributed by atoms with Crippen LogP contribution >= 0.6 is 0 Å². The maximum atomic E-state index is 11.3. The van der Waals surface area contributed by atoms with Gasteiger partial charge in [0, 0.05) is 32.1 Å². The molecule has 0 saturated carbocycles. The van der Waals surface area contributed by atoms with Gasteiger partial charge in [0.05, 0.1) is 11.8 Å². The van der Waals surface area contributed by atoms with Crippen molar-refractivity contribution >= 4 is 0 Å². The van der Waals surface area contributed by atoms with Crippen molar-refractivity contribution in [3.63, 3.8) is 0 Å². The molecule has 0 aliphatic heterocycles. The molecule has 2 aromatic rings. The van der Waals surface area contributed by atoms with Crippen molar-refractivity contribution in [2.45, 2.75) is 0 Å². The maximum Gasteiger partial charge on any atom is 0.272 e. The Labute approximate surface area is 74.6 Å². The SMILES string of the molecule is Cn1cc(-c2cn(C)[nH]c2=O)cn1. The van der Waals surface area contributed by atoms with Crippen molar-refractivity contribution < 1.29 is 0 Å². The average molecular weight is 178 g/mol. The number of aryl methyl sites for hydroxylation is 2. The van der Waals surface area contributed by atoms with Crippen LogP contribution in [-0.2, 0) is 14.1 Å². The summed E-state index contributed by atoms with van der Waals surface area (Å²) in [5.41, 5.74) is 1.40. The first kappa shape index (κ1) is 7.85. The second kappa shape index (κ2) is 2.62. The number of aromatic amines is 1. The van der Waals surface area contributed by atoms with Crippen LogP contribution in [0.5, 0.6) is 0 Å². The zero-order chi connectivity index (χ0) is 9.42. The zero-order valence-electron chi connectivity index (χ0n) is 7.48. The molecule has 0 unspecified atom stereocenters. The molecule has 2 aromatic heterocycles. The Hall–Kier alpha value is -1.78. The van der Waals surface area contributed by atoms with Crippen molar-refractivity contribution in [1.82, 2.24) is 19.6 Å². The quantitative estimate of drug-likeness (QED) is 0.674. The van der Waals surface area contributed by atoms with Gasteiger partial charge in [-0.3, -0.25) is 19.3 Å². The fourth-order valence-corrected chi connectivity index (χ4v) is 1.27. The highest BCUT2D eigenvalue weighted by Crippen LogP contribution is 2.12. The summed E-state index contributed by atoms with van der Waals surface area (Å²) in [6, 6.07) is 0. The number of nitrogens with one attached hydrogen (secondary N) is 1. The van der Waals surface area contributed by atoms with Crippen LogP contribution < -0.4 is 5.56 Å². The largest absolute Gasteiger partial charge is 0.295 e. The van der Waals surface area contributed by atoms with Gasteiger partial charge in [0.15, 0.2) is 0 Å². The van der Waals surface area contributed by atoms with Gasteiger partial charge in [-0.15, -0.1) is 0 Å². The normalized spacial score (nSPS) is 10.6. The monoisotopic (exact) mass is 178 g/mol. The fraction of sp³-hybridized carbons (Fsp3) is 0.250. The summed E-state index contributed by atoms with van der Waals surface area (Å²) in [6.07, 6.45) is 5.23. The lowest BCUT2D eigenvalue weighted by Gasteiger charge is -1.86. The van der Waals surface area contributed by atoms with E-state index in [1.807, 2.05) is 13.2 Å². The first-order chi connectivity index (χ1) is 6.16. The van der Waals surface area contributed by atoms with E-state index in [0.717, 1.165) is 5.56 Å². The van der Waals surface area contributed by atoms with Crippen molar-refractivity contribution in [1.29, 1.82) is 0 Å². The molecule has 0 spiro atoms. The third-order valence-electron chi connectivity index (χ3n) is 1.86. The van der Waals surface area contributed by atoms with Gasteiger partial charge in [-0.1, -0.05) is 0 Å². The minimum Gasteiger partial charge on any atom is -0.295 e. The summed E-state index contributed by atoms with van der Waals surface area (Å²) >= 11 is 0. The molecule has 0 amide bonds. The van der Waals surface area contributed by atoms with E-state index in [1.165, 1.54) is 0 Å². The molecule has 0 atom stereocenters. The van der Waals surface area contributed by atoms with Crippen LogP contribution in [0.2, 0.25) is 0 Å². The molecule has 5 nitrogen and oxygen atoms in total. The molecular formula is C8H10N4O. The summed E-state index contributed by atoms with van der Waals surface area (Å²) in [6.45, 7) is 0. The van der Waals surface area contributed by atoms with Crippen LogP contribution in [0.15, 0.2) is 23.4 Å². The topological polar surface area (TPSA) is 55.6 Å². The van der Waals surface area contributed by atoms with Crippen molar-refractivity contribution in [2.24, 2.45) is 14.1 Å². The van der Waals surface area contributed by atoms with Crippen LogP contribution in [0, 0.1) is 0 Å². The molecule has 0 aliphatic rings. The van der Waals surface area contributed by atoms with Crippen molar-refractivity contribution in [3.8, 4) is 11.1 Å². The Kier molecular flexibility index (Phi) is 1.58. The lowest BCUT2D eigenvalue weighted by atomic mass is 10.2. The van der Waals surface area contributed by atoms with E-state index in [1.54, 1.807) is 28.8 Å². The second-order valence-corrected chi connectivity index (χ2v) is 3.00. The van der Waals surface area contributed by atoms with E-state index in [9.17, 15) is 4.79 Å². The van der Waals surface area contributed by atoms with Gasteiger partial charge >= 0.3 is 0 Å². The van der Waals surface area contributed by atoms with E-state index >= 15 is 0 Å². The van der Waals surface area contributed by atoms with Gasteiger partial charge in [0.1, 0.15) is 0 Å². The molecule has 0 fully saturated rings. The number of nitrogens with zero attached hydrogens (tertiary/aromatic N) is 3. The molecule has 0 bridgehead atoms. The van der Waals surface area contributed by atoms with E-state index in [4.69, 9.17) is 0 Å². The Balaban J connectivity index is 2.58. The Morgan fingerprint density at radius 1 is 1.38 bits per heavy atom. The number of rotatable bonds is 1. The van der Waals surface area contributed by atoms with Crippen LogP contribution in [0.4, 0.5) is 0 Å². The zero-order valence-corrected chi connectivity index (χ0v) is 7.48. The average Bonchev–Trinajstić information content (AvgIpc) is 2.58. The summed E-state index contributed by atoms with van der Waals surface area (Å²) < 4.78 is 3.30. The number of aromatic nitrogens is 4. The summed E-state index contributed by atoms with van der Waals surface area (Å²) in [7, 11) is 3.60. The maximum absolute atomic E-state index is 11.3. The van der Waals surface area contributed by atoms with Gasteiger partial charge in [-0.25, -0.2) is 0 Å². The highest BCUT2D eigenvalue weighted by molar-refractivity contribution is 5.59. The standard InChI is InChI=1S/C8H10N4O/c1-11-4-6(3-9-11)7-5-12(2)10-8(7)13/h3-5H,1-2H3,(H,10,13). The molecule has 0 aliphatic carbocycles. The third kappa shape index (κ3) is 1.28. The highest BCUT2D eigenvalue weighted by atomic mass is 16.1. The van der Waals surface area contributed by atoms with Crippen LogP contribution in [-0.4, -0.2) is 19.6 Å². The lowest BCUT2D eigenvalue weighted by Crippen LogP contribution is -2.03. The Bertz CT molecular complexity index is 476. The first-order valence-electron chi connectivity index (χ1n) is 3.91. The van der Waals surface area contributed by atoms with E-state index < -0.39 is 0 Å². The predicted octanol–water partition coefficient (Wildman–Crippen LogP) is 0.114. The number of hydrogen-bond acceptors (Lipinski definition) is 2. The minimum absolute atomic E-state index is 0.0875. The van der Waals surface area contributed by atoms with E-state index in [0.29, 0.717) is 5.56 Å². The third-order valence-corrected chi connectivity index (χ3v) is 1.86. The van der Waals surface area contributed by atoms with Crippen molar-refractivity contribution in [2.75, 3.05) is 0 Å². The molecule has 1 N–H and O–H groups in total. The molecule has 13 heavy (non-hydrogen) atoms. The van der Waals surface area contributed by atoms with Gasteiger partial charge in [-0.05, 0) is 0 Å². The molecule has 2 rings (SSSR count). The second-order valence-electron chi connectivity index (χ2n) is 3.00. The molecule has 68 valence electrons. The first-order valence-corrected chi connectivity index (χ1v) is 3.91. The summed E-state index contributed by atoms with van der Waals surface area (Å²) in [5.74, 6) is 0. The van der Waals surface area contributed by atoms with Crippen LogP contribution in [0.1, 0.15) is 0 Å². The number of hydrogen-bond donors (Lipinski definition) is 1. The molecule has 2 heterocycles. The van der Waals surface area contributed by atoms with Crippen LogP contribution in [0.25, 0.3) is 11.1 Å². The highest BCUT2D eigenvalue weighted by Gasteiger charge is 2.06. The Morgan fingerprint density at radius 2 is 2.15 bits per heavy atom. The smallest absolute Gasteiger partial charge is 0.272 e. The molecule has 5 heteroatoms. The molecular weight excluding hydrogens is 168 g/mol. The molecule has 0 radical (unpaired) electrons. The molecule has 0 aromatic carbocycles. The number of H-pyrrole nitrogens is 1. The van der Waals surface area contributed by atoms with Crippen LogP contribution in [0.3, 0.4) is 0 Å². The Morgan fingerprint density at radius 3 is 2.62 bits per heavy atom. The summed E-state index contributed by atoms with van der Waals surface area (Å²) in [4.78, 5) is 11.3. The summed E-state index contributed by atoms with van der Waals surface area (Å²) in [5, 5.41) is 6.64. The van der Waals surface area contributed by atoms with Gasteiger partial charge < -0.3 is 0 Å². The van der Waals surface area contributed by atoms with Crippen molar-refractivity contribution in [3.05, 3.63) is 28.9 Å². The lowest BCUT2D eigenvalue weighted by molar-refractivity contribution is 0.756. The molecule has 0 saturated heterocycles. The minimum atomic E-state index is -0.0875.